The third-order valence-electron chi connectivity index (χ3n) is 5.91. The van der Waals surface area contributed by atoms with Gasteiger partial charge in [-0.2, -0.15) is 0 Å². The quantitative estimate of drug-likeness (QED) is 0.810. The minimum absolute atomic E-state index is 0.0423. The van der Waals surface area contributed by atoms with E-state index in [1.165, 1.54) is 25.7 Å². The lowest BCUT2D eigenvalue weighted by Crippen LogP contribution is -2.37. The van der Waals surface area contributed by atoms with Gasteiger partial charge in [0, 0.05) is 37.4 Å². The molecule has 0 atom stereocenters. The zero-order valence-corrected chi connectivity index (χ0v) is 16.7. The molecule has 0 aromatic heterocycles. The number of hydrogen-bond acceptors (Lipinski definition) is 3. The Morgan fingerprint density at radius 2 is 1.56 bits per heavy atom. The van der Waals surface area contributed by atoms with E-state index in [4.69, 9.17) is 0 Å². The number of hydrogen-bond donors (Lipinski definition) is 2. The number of amides is 2. The zero-order valence-electron chi connectivity index (χ0n) is 16.7. The van der Waals surface area contributed by atoms with Gasteiger partial charge in [-0.15, -0.1) is 0 Å². The van der Waals surface area contributed by atoms with Crippen molar-refractivity contribution in [3.63, 3.8) is 0 Å². The van der Waals surface area contributed by atoms with Crippen molar-refractivity contribution >= 4 is 23.2 Å². The fourth-order valence-corrected chi connectivity index (χ4v) is 4.30. The summed E-state index contributed by atoms with van der Waals surface area (Å²) in [5, 5.41) is 6.24. The van der Waals surface area contributed by atoms with Crippen LogP contribution in [0.1, 0.15) is 74.6 Å². The van der Waals surface area contributed by atoms with Crippen LogP contribution in [0.3, 0.4) is 0 Å². The highest BCUT2D eigenvalue weighted by Crippen LogP contribution is 2.27. The Labute approximate surface area is 162 Å². The number of nitrogens with zero attached hydrogens (tertiary/aromatic N) is 1. The SMILES string of the molecule is CN(C)c1ccc(NC(=O)C2CCCCC2)cc1C(=O)NC1CCCCC1. The number of carbonyl (C=O) groups is 2. The summed E-state index contributed by atoms with van der Waals surface area (Å²) in [6, 6.07) is 5.91. The molecule has 0 heterocycles. The lowest BCUT2D eigenvalue weighted by molar-refractivity contribution is -0.120. The lowest BCUT2D eigenvalue weighted by atomic mass is 9.88. The molecule has 2 fully saturated rings. The van der Waals surface area contributed by atoms with Crippen LogP contribution in [0, 0.1) is 5.92 Å². The third kappa shape index (κ3) is 5.24. The van der Waals surface area contributed by atoms with Crippen molar-refractivity contribution in [1.82, 2.24) is 5.32 Å². The summed E-state index contributed by atoms with van der Waals surface area (Å²) >= 11 is 0. The highest BCUT2D eigenvalue weighted by Gasteiger charge is 2.23. The van der Waals surface area contributed by atoms with Gasteiger partial charge in [0.15, 0.2) is 0 Å². The van der Waals surface area contributed by atoms with E-state index >= 15 is 0 Å². The molecular formula is C22H33N3O2. The largest absolute Gasteiger partial charge is 0.377 e. The van der Waals surface area contributed by atoms with E-state index in [9.17, 15) is 9.59 Å². The molecule has 0 bridgehead atoms. The summed E-state index contributed by atoms with van der Waals surface area (Å²) in [4.78, 5) is 27.4. The zero-order chi connectivity index (χ0) is 19.2. The Morgan fingerprint density at radius 1 is 0.926 bits per heavy atom. The van der Waals surface area contributed by atoms with Crippen molar-refractivity contribution in [2.24, 2.45) is 5.92 Å². The molecule has 148 valence electrons. The molecule has 0 saturated heterocycles. The molecule has 2 amide bonds. The van der Waals surface area contributed by atoms with Crippen molar-refractivity contribution in [2.75, 3.05) is 24.3 Å². The molecule has 2 saturated carbocycles. The smallest absolute Gasteiger partial charge is 0.253 e. The molecule has 2 aliphatic rings. The Kier molecular flexibility index (Phi) is 6.75. The number of benzene rings is 1. The number of carbonyl (C=O) groups excluding carboxylic acids is 2. The minimum Gasteiger partial charge on any atom is -0.377 e. The maximum absolute atomic E-state index is 12.9. The summed E-state index contributed by atoms with van der Waals surface area (Å²) in [6.45, 7) is 0. The second-order valence-electron chi connectivity index (χ2n) is 8.26. The van der Waals surface area contributed by atoms with Crippen LogP contribution < -0.4 is 15.5 Å². The Balaban J connectivity index is 1.73. The second kappa shape index (κ2) is 9.25. The van der Waals surface area contributed by atoms with Crippen LogP contribution >= 0.6 is 0 Å². The first-order valence-corrected chi connectivity index (χ1v) is 10.5. The van der Waals surface area contributed by atoms with Gasteiger partial charge in [-0.05, 0) is 43.9 Å². The van der Waals surface area contributed by atoms with Crippen LogP contribution in [0.15, 0.2) is 18.2 Å². The molecule has 5 heteroatoms. The summed E-state index contributed by atoms with van der Waals surface area (Å²) in [7, 11) is 3.88. The van der Waals surface area contributed by atoms with Crippen molar-refractivity contribution in [1.29, 1.82) is 0 Å². The van der Waals surface area contributed by atoms with Crippen LogP contribution in [0.2, 0.25) is 0 Å². The molecule has 27 heavy (non-hydrogen) atoms. The number of anilines is 2. The highest BCUT2D eigenvalue weighted by molar-refractivity contribution is 6.02. The van der Waals surface area contributed by atoms with E-state index < -0.39 is 0 Å². The predicted octanol–water partition coefficient (Wildman–Crippen LogP) is 4.33. The third-order valence-corrected chi connectivity index (χ3v) is 5.91. The van der Waals surface area contributed by atoms with Crippen LogP contribution in [-0.2, 0) is 4.79 Å². The van der Waals surface area contributed by atoms with Gasteiger partial charge in [-0.25, -0.2) is 0 Å². The van der Waals surface area contributed by atoms with Gasteiger partial charge in [-0.1, -0.05) is 38.5 Å². The van der Waals surface area contributed by atoms with Gasteiger partial charge in [0.25, 0.3) is 5.91 Å². The number of rotatable bonds is 5. The van der Waals surface area contributed by atoms with Crippen molar-refractivity contribution in [2.45, 2.75) is 70.3 Å². The van der Waals surface area contributed by atoms with Gasteiger partial charge in [0.2, 0.25) is 5.91 Å². The van der Waals surface area contributed by atoms with Gasteiger partial charge < -0.3 is 15.5 Å². The van der Waals surface area contributed by atoms with E-state index in [0.717, 1.165) is 44.2 Å². The molecule has 5 nitrogen and oxygen atoms in total. The maximum Gasteiger partial charge on any atom is 0.253 e. The van der Waals surface area contributed by atoms with E-state index in [2.05, 4.69) is 10.6 Å². The van der Waals surface area contributed by atoms with E-state index in [-0.39, 0.29) is 23.8 Å². The average Bonchev–Trinajstić information content (AvgIpc) is 2.69. The Hall–Kier alpha value is -2.04. The van der Waals surface area contributed by atoms with E-state index in [1.807, 2.05) is 37.2 Å². The first kappa shape index (κ1) is 19.7. The van der Waals surface area contributed by atoms with Gasteiger partial charge in [0.05, 0.1) is 5.56 Å². The first-order chi connectivity index (χ1) is 13.0. The van der Waals surface area contributed by atoms with Crippen LogP contribution in [0.4, 0.5) is 11.4 Å². The molecular weight excluding hydrogens is 338 g/mol. The van der Waals surface area contributed by atoms with Crippen molar-refractivity contribution in [3.05, 3.63) is 23.8 Å². The highest BCUT2D eigenvalue weighted by atomic mass is 16.2. The molecule has 0 aliphatic heterocycles. The van der Waals surface area contributed by atoms with E-state index in [1.54, 1.807) is 0 Å². The molecule has 2 N–H and O–H groups in total. The van der Waals surface area contributed by atoms with Gasteiger partial charge >= 0.3 is 0 Å². The molecule has 0 spiro atoms. The fraction of sp³-hybridized carbons (Fsp3) is 0.636. The topological polar surface area (TPSA) is 61.4 Å². The van der Waals surface area contributed by atoms with E-state index in [0.29, 0.717) is 11.3 Å². The second-order valence-corrected chi connectivity index (χ2v) is 8.26. The van der Waals surface area contributed by atoms with Crippen molar-refractivity contribution in [3.8, 4) is 0 Å². The first-order valence-electron chi connectivity index (χ1n) is 10.5. The van der Waals surface area contributed by atoms with Crippen LogP contribution in [0.25, 0.3) is 0 Å². The minimum atomic E-state index is -0.0423. The summed E-state index contributed by atoms with van der Waals surface area (Å²) < 4.78 is 0. The summed E-state index contributed by atoms with van der Waals surface area (Å²) in [5.41, 5.74) is 2.22. The van der Waals surface area contributed by atoms with Gasteiger partial charge in [0.1, 0.15) is 0 Å². The van der Waals surface area contributed by atoms with Crippen molar-refractivity contribution < 1.29 is 9.59 Å². The molecule has 3 rings (SSSR count). The Morgan fingerprint density at radius 3 is 2.19 bits per heavy atom. The summed E-state index contributed by atoms with van der Waals surface area (Å²) in [5.74, 6) is 0.150. The normalized spacial score (nSPS) is 18.7. The van der Waals surface area contributed by atoms with Crippen LogP contribution in [-0.4, -0.2) is 32.0 Å². The lowest BCUT2D eigenvalue weighted by Gasteiger charge is -2.25. The molecule has 0 radical (unpaired) electrons. The monoisotopic (exact) mass is 371 g/mol. The molecule has 0 unspecified atom stereocenters. The standard InChI is InChI=1S/C22H33N3O2/c1-25(2)20-14-13-18(24-21(26)16-9-5-3-6-10-16)15-19(20)22(27)23-17-11-7-4-8-12-17/h13-17H,3-12H2,1-2H3,(H,23,27)(H,24,26). The molecule has 1 aromatic rings. The number of nitrogens with one attached hydrogen (secondary N) is 2. The average molecular weight is 372 g/mol. The van der Waals surface area contributed by atoms with Gasteiger partial charge in [-0.3, -0.25) is 9.59 Å². The Bertz CT molecular complexity index is 660. The van der Waals surface area contributed by atoms with Crippen LogP contribution in [0.5, 0.6) is 0 Å². The molecule has 2 aliphatic carbocycles. The summed E-state index contributed by atoms with van der Waals surface area (Å²) in [6.07, 6.45) is 11.2. The predicted molar refractivity (Wildman–Crippen MR) is 110 cm³/mol. The fourth-order valence-electron chi connectivity index (χ4n) is 4.30. The molecule has 1 aromatic carbocycles. The maximum atomic E-state index is 12.9.